The van der Waals surface area contributed by atoms with E-state index in [0.717, 1.165) is 11.7 Å². The fourth-order valence-electron chi connectivity index (χ4n) is 2.57. The van der Waals surface area contributed by atoms with Gasteiger partial charge in [0, 0.05) is 6.54 Å². The summed E-state index contributed by atoms with van der Waals surface area (Å²) < 4.78 is 0. The normalized spacial score (nSPS) is 17.8. The molecule has 1 aliphatic carbocycles. The van der Waals surface area contributed by atoms with Crippen LogP contribution in [-0.2, 0) is 0 Å². The zero-order valence-electron chi connectivity index (χ0n) is 10.2. The third-order valence-electron chi connectivity index (χ3n) is 3.49. The Morgan fingerprint density at radius 3 is 2.40 bits per heavy atom. The van der Waals surface area contributed by atoms with Gasteiger partial charge in [-0.05, 0) is 50.9 Å². The van der Waals surface area contributed by atoms with Gasteiger partial charge in [-0.3, -0.25) is 0 Å². The van der Waals surface area contributed by atoms with Crippen LogP contribution in [0.2, 0.25) is 0 Å². The van der Waals surface area contributed by atoms with Crippen LogP contribution in [0.3, 0.4) is 0 Å². The largest absolute Gasteiger partial charge is 0.306 e. The van der Waals surface area contributed by atoms with E-state index in [4.69, 9.17) is 0 Å². The summed E-state index contributed by atoms with van der Waals surface area (Å²) in [7, 11) is 2.29. The first kappa shape index (κ1) is 13.4. The second-order valence-electron chi connectivity index (χ2n) is 5.05. The molecule has 0 spiro atoms. The second-order valence-corrected chi connectivity index (χ2v) is 5.50. The average molecular weight is 229 g/mol. The van der Waals surface area contributed by atoms with E-state index < -0.39 is 0 Å². The number of rotatable bonds is 8. The van der Waals surface area contributed by atoms with Crippen LogP contribution in [0.4, 0.5) is 0 Å². The minimum absolute atomic E-state index is 1.01. The Bertz CT molecular complexity index is 143. The predicted molar refractivity (Wildman–Crippen MR) is 71.8 cm³/mol. The SMILES string of the molecule is CN(CCCCCCS)CC1CCCC1. The van der Waals surface area contributed by atoms with E-state index in [9.17, 15) is 0 Å². The third kappa shape index (κ3) is 6.47. The molecule has 0 aromatic heterocycles. The first-order chi connectivity index (χ1) is 7.33. The van der Waals surface area contributed by atoms with E-state index in [1.54, 1.807) is 0 Å². The van der Waals surface area contributed by atoms with Crippen molar-refractivity contribution in [2.24, 2.45) is 5.92 Å². The highest BCUT2D eigenvalue weighted by molar-refractivity contribution is 7.80. The molecular weight excluding hydrogens is 202 g/mol. The van der Waals surface area contributed by atoms with Gasteiger partial charge in [0.05, 0.1) is 0 Å². The standard InChI is InChI=1S/C13H27NS/c1-14(10-6-2-3-7-11-15)12-13-8-4-5-9-13/h13,15H,2-12H2,1H3. The molecule has 90 valence electrons. The summed E-state index contributed by atoms with van der Waals surface area (Å²) in [6.45, 7) is 2.63. The van der Waals surface area contributed by atoms with Crippen LogP contribution in [0, 0.1) is 5.92 Å². The lowest BCUT2D eigenvalue weighted by Crippen LogP contribution is -2.25. The van der Waals surface area contributed by atoms with Gasteiger partial charge >= 0.3 is 0 Å². The molecule has 0 bridgehead atoms. The molecule has 0 aromatic rings. The molecule has 1 rings (SSSR count). The Hall–Kier alpha value is 0.310. The van der Waals surface area contributed by atoms with Crippen molar-refractivity contribution < 1.29 is 0 Å². The summed E-state index contributed by atoms with van der Waals surface area (Å²) in [4.78, 5) is 2.54. The van der Waals surface area contributed by atoms with Crippen molar-refractivity contribution in [1.82, 2.24) is 4.90 Å². The minimum atomic E-state index is 1.01. The molecule has 1 nitrogen and oxygen atoms in total. The van der Waals surface area contributed by atoms with Crippen molar-refractivity contribution in [3.63, 3.8) is 0 Å². The summed E-state index contributed by atoms with van der Waals surface area (Å²) in [5.74, 6) is 2.06. The zero-order valence-corrected chi connectivity index (χ0v) is 11.1. The number of hydrogen-bond donors (Lipinski definition) is 1. The number of hydrogen-bond acceptors (Lipinski definition) is 2. The molecule has 0 heterocycles. The van der Waals surface area contributed by atoms with Gasteiger partial charge in [0.25, 0.3) is 0 Å². The lowest BCUT2D eigenvalue weighted by molar-refractivity contribution is 0.272. The van der Waals surface area contributed by atoms with Crippen molar-refractivity contribution in [3.05, 3.63) is 0 Å². The molecule has 15 heavy (non-hydrogen) atoms. The Morgan fingerprint density at radius 2 is 1.73 bits per heavy atom. The predicted octanol–water partition coefficient (Wildman–Crippen LogP) is 3.60. The van der Waals surface area contributed by atoms with Crippen LogP contribution in [0.25, 0.3) is 0 Å². The Balaban J connectivity index is 1.91. The molecular formula is C13H27NS. The molecule has 0 aliphatic heterocycles. The summed E-state index contributed by atoms with van der Waals surface area (Å²) in [5, 5.41) is 0. The summed E-state index contributed by atoms with van der Waals surface area (Å²) >= 11 is 4.23. The second kappa shape index (κ2) is 8.46. The van der Waals surface area contributed by atoms with Crippen LogP contribution in [0.15, 0.2) is 0 Å². The lowest BCUT2D eigenvalue weighted by atomic mass is 10.1. The summed E-state index contributed by atoms with van der Waals surface area (Å²) in [6.07, 6.45) is 11.3. The van der Waals surface area contributed by atoms with Gasteiger partial charge in [-0.2, -0.15) is 12.6 Å². The van der Waals surface area contributed by atoms with Crippen LogP contribution in [0.1, 0.15) is 51.4 Å². The molecule has 0 atom stereocenters. The lowest BCUT2D eigenvalue weighted by Gasteiger charge is -2.20. The monoisotopic (exact) mass is 229 g/mol. The first-order valence-electron chi connectivity index (χ1n) is 6.62. The molecule has 0 amide bonds. The summed E-state index contributed by atoms with van der Waals surface area (Å²) in [5.41, 5.74) is 0. The van der Waals surface area contributed by atoms with Crippen LogP contribution in [-0.4, -0.2) is 30.8 Å². The fraction of sp³-hybridized carbons (Fsp3) is 1.00. The summed E-state index contributed by atoms with van der Waals surface area (Å²) in [6, 6.07) is 0. The highest BCUT2D eigenvalue weighted by Crippen LogP contribution is 2.25. The van der Waals surface area contributed by atoms with Gasteiger partial charge in [0.2, 0.25) is 0 Å². The third-order valence-corrected chi connectivity index (χ3v) is 3.81. The maximum Gasteiger partial charge on any atom is 0.000661 e. The van der Waals surface area contributed by atoms with E-state index in [-0.39, 0.29) is 0 Å². The molecule has 0 saturated heterocycles. The van der Waals surface area contributed by atoms with Gasteiger partial charge in [0.1, 0.15) is 0 Å². The highest BCUT2D eigenvalue weighted by atomic mass is 32.1. The molecule has 1 aliphatic rings. The molecule has 0 N–H and O–H groups in total. The van der Waals surface area contributed by atoms with E-state index in [2.05, 4.69) is 24.6 Å². The Morgan fingerprint density at radius 1 is 1.07 bits per heavy atom. The highest BCUT2D eigenvalue weighted by Gasteiger charge is 2.16. The van der Waals surface area contributed by atoms with Crippen molar-refractivity contribution in [2.45, 2.75) is 51.4 Å². The molecule has 1 fully saturated rings. The molecule has 0 aromatic carbocycles. The van der Waals surface area contributed by atoms with Crippen molar-refractivity contribution in [1.29, 1.82) is 0 Å². The van der Waals surface area contributed by atoms with Crippen molar-refractivity contribution in [3.8, 4) is 0 Å². The maximum absolute atomic E-state index is 4.23. The van der Waals surface area contributed by atoms with Crippen LogP contribution >= 0.6 is 12.6 Å². The molecule has 1 saturated carbocycles. The smallest absolute Gasteiger partial charge is 0.000661 e. The minimum Gasteiger partial charge on any atom is -0.306 e. The van der Waals surface area contributed by atoms with Crippen molar-refractivity contribution in [2.75, 3.05) is 25.9 Å². The van der Waals surface area contributed by atoms with Gasteiger partial charge < -0.3 is 4.90 Å². The molecule has 0 unspecified atom stereocenters. The molecule has 0 radical (unpaired) electrons. The van der Waals surface area contributed by atoms with Gasteiger partial charge in [-0.15, -0.1) is 0 Å². The van der Waals surface area contributed by atoms with E-state index in [1.165, 1.54) is 64.5 Å². The molecule has 2 heteroatoms. The van der Waals surface area contributed by atoms with Gasteiger partial charge in [0.15, 0.2) is 0 Å². The maximum atomic E-state index is 4.23. The zero-order chi connectivity index (χ0) is 10.9. The Kier molecular flexibility index (Phi) is 7.54. The quantitative estimate of drug-likeness (QED) is 0.492. The van der Waals surface area contributed by atoms with Crippen LogP contribution < -0.4 is 0 Å². The fourth-order valence-corrected chi connectivity index (χ4v) is 2.80. The number of unbranched alkanes of at least 4 members (excludes halogenated alkanes) is 3. The first-order valence-corrected chi connectivity index (χ1v) is 7.25. The van der Waals surface area contributed by atoms with Gasteiger partial charge in [-0.25, -0.2) is 0 Å². The van der Waals surface area contributed by atoms with E-state index in [1.807, 2.05) is 0 Å². The average Bonchev–Trinajstić information content (AvgIpc) is 2.70. The van der Waals surface area contributed by atoms with E-state index >= 15 is 0 Å². The number of nitrogens with zero attached hydrogens (tertiary/aromatic N) is 1. The van der Waals surface area contributed by atoms with Crippen LogP contribution in [0.5, 0.6) is 0 Å². The Labute approximate surface area is 101 Å². The topological polar surface area (TPSA) is 3.24 Å². The van der Waals surface area contributed by atoms with E-state index in [0.29, 0.717) is 0 Å². The number of thiol groups is 1. The van der Waals surface area contributed by atoms with Gasteiger partial charge in [-0.1, -0.05) is 25.7 Å². The van der Waals surface area contributed by atoms with Crippen molar-refractivity contribution >= 4 is 12.6 Å².